The maximum absolute atomic E-state index is 12.1. The van der Waals surface area contributed by atoms with Gasteiger partial charge in [-0.25, -0.2) is 4.79 Å². The maximum Gasteiger partial charge on any atom is 0.326 e. The van der Waals surface area contributed by atoms with Crippen LogP contribution in [-0.2, 0) is 9.59 Å². The molecular weight excluding hydrogens is 232 g/mol. The van der Waals surface area contributed by atoms with Crippen molar-refractivity contribution in [3.63, 3.8) is 0 Å². The summed E-state index contributed by atoms with van der Waals surface area (Å²) in [5, 5.41) is 12.4. The number of hydrogen-bond acceptors (Lipinski definition) is 3. The number of aliphatic carboxylic acids is 1. The Hall–Kier alpha value is -1.10. The molecule has 2 fully saturated rings. The van der Waals surface area contributed by atoms with Crippen LogP contribution in [-0.4, -0.2) is 47.6 Å². The van der Waals surface area contributed by atoms with E-state index in [0.29, 0.717) is 25.3 Å². The summed E-state index contributed by atoms with van der Waals surface area (Å²) in [4.78, 5) is 24.8. The minimum absolute atomic E-state index is 0.0222. The predicted octanol–water partition coefficient (Wildman–Crippen LogP) is 0.842. The van der Waals surface area contributed by atoms with Crippen LogP contribution >= 0.6 is 0 Å². The van der Waals surface area contributed by atoms with Crippen molar-refractivity contribution in [2.75, 3.05) is 19.6 Å². The molecule has 0 aliphatic carbocycles. The number of nitrogens with one attached hydrogen (secondary N) is 1. The Labute approximate surface area is 108 Å². The molecule has 0 aromatic carbocycles. The Morgan fingerprint density at radius 2 is 2.11 bits per heavy atom. The van der Waals surface area contributed by atoms with Gasteiger partial charge in [-0.15, -0.1) is 0 Å². The van der Waals surface area contributed by atoms with Crippen molar-refractivity contribution >= 4 is 11.9 Å². The highest BCUT2D eigenvalue weighted by Crippen LogP contribution is 2.21. The lowest BCUT2D eigenvalue weighted by Gasteiger charge is -2.33. The van der Waals surface area contributed by atoms with Crippen LogP contribution in [0.2, 0.25) is 0 Å². The molecule has 0 aromatic heterocycles. The lowest BCUT2D eigenvalue weighted by Crippen LogP contribution is -2.48. The van der Waals surface area contributed by atoms with Crippen LogP contribution in [0.1, 0.15) is 38.5 Å². The van der Waals surface area contributed by atoms with E-state index in [1.54, 1.807) is 4.90 Å². The Morgan fingerprint density at radius 3 is 2.78 bits per heavy atom. The molecule has 2 saturated heterocycles. The highest BCUT2D eigenvalue weighted by molar-refractivity contribution is 5.83. The Kier molecular flexibility index (Phi) is 4.58. The number of rotatable bonds is 4. The van der Waals surface area contributed by atoms with Crippen molar-refractivity contribution in [1.29, 1.82) is 0 Å². The lowest BCUT2D eigenvalue weighted by atomic mass is 9.99. The van der Waals surface area contributed by atoms with E-state index >= 15 is 0 Å². The zero-order chi connectivity index (χ0) is 13.0. The van der Waals surface area contributed by atoms with Crippen molar-refractivity contribution < 1.29 is 14.7 Å². The maximum atomic E-state index is 12.1. The average molecular weight is 254 g/mol. The molecule has 2 rings (SSSR count). The zero-order valence-corrected chi connectivity index (χ0v) is 10.7. The summed E-state index contributed by atoms with van der Waals surface area (Å²) < 4.78 is 0. The minimum atomic E-state index is -0.856. The van der Waals surface area contributed by atoms with Gasteiger partial charge in [0.1, 0.15) is 6.04 Å². The number of piperidine rings is 1. The van der Waals surface area contributed by atoms with Crippen LogP contribution in [0.25, 0.3) is 0 Å². The van der Waals surface area contributed by atoms with Gasteiger partial charge in [0.2, 0.25) is 5.91 Å². The van der Waals surface area contributed by atoms with Crippen LogP contribution in [0.5, 0.6) is 0 Å². The van der Waals surface area contributed by atoms with Crippen LogP contribution < -0.4 is 5.32 Å². The molecule has 0 bridgehead atoms. The van der Waals surface area contributed by atoms with Gasteiger partial charge in [0.15, 0.2) is 0 Å². The number of carbonyl (C=O) groups excluding carboxylic acids is 1. The highest BCUT2D eigenvalue weighted by Gasteiger charge is 2.31. The summed E-state index contributed by atoms with van der Waals surface area (Å²) in [5.41, 5.74) is 0. The molecule has 0 aromatic rings. The van der Waals surface area contributed by atoms with E-state index in [2.05, 4.69) is 5.32 Å². The summed E-state index contributed by atoms with van der Waals surface area (Å²) in [6, 6.07) is -0.590. The van der Waals surface area contributed by atoms with Gasteiger partial charge in [-0.3, -0.25) is 4.79 Å². The third-order valence-electron chi connectivity index (χ3n) is 4.04. The first-order chi connectivity index (χ1) is 8.68. The van der Waals surface area contributed by atoms with E-state index in [4.69, 9.17) is 5.11 Å². The summed E-state index contributed by atoms with van der Waals surface area (Å²) in [6.07, 6.45) is 4.96. The standard InChI is InChI=1S/C13H22N2O3/c16-12(5-4-10-6-7-14-9-10)15-8-2-1-3-11(15)13(17)18/h10-11,14H,1-9H2,(H,17,18)/t10?,11-/m1/s1. The van der Waals surface area contributed by atoms with Gasteiger partial charge in [-0.05, 0) is 51.1 Å². The van der Waals surface area contributed by atoms with Gasteiger partial charge >= 0.3 is 5.97 Å². The Bertz CT molecular complexity index is 313. The molecule has 2 atom stereocenters. The summed E-state index contributed by atoms with van der Waals surface area (Å²) in [6.45, 7) is 2.65. The van der Waals surface area contributed by atoms with Crippen molar-refractivity contribution in [3.8, 4) is 0 Å². The van der Waals surface area contributed by atoms with Crippen molar-refractivity contribution in [1.82, 2.24) is 10.2 Å². The van der Waals surface area contributed by atoms with Gasteiger partial charge in [-0.1, -0.05) is 0 Å². The van der Waals surface area contributed by atoms with E-state index in [-0.39, 0.29) is 5.91 Å². The second-order valence-electron chi connectivity index (χ2n) is 5.33. The first-order valence-corrected chi connectivity index (χ1v) is 6.91. The third kappa shape index (κ3) is 3.22. The smallest absolute Gasteiger partial charge is 0.326 e. The van der Waals surface area contributed by atoms with E-state index < -0.39 is 12.0 Å². The molecule has 0 radical (unpaired) electrons. The Balaban J connectivity index is 1.83. The molecule has 5 heteroatoms. The predicted molar refractivity (Wildman–Crippen MR) is 67.2 cm³/mol. The quantitative estimate of drug-likeness (QED) is 0.780. The first kappa shape index (κ1) is 13.3. The molecule has 2 N–H and O–H groups in total. The molecule has 2 aliphatic rings. The van der Waals surface area contributed by atoms with Gasteiger partial charge in [0.05, 0.1) is 0 Å². The van der Waals surface area contributed by atoms with Crippen LogP contribution in [0.3, 0.4) is 0 Å². The fraction of sp³-hybridized carbons (Fsp3) is 0.846. The molecule has 2 heterocycles. The lowest BCUT2D eigenvalue weighted by molar-refractivity contribution is -0.152. The number of likely N-dealkylation sites (tertiary alicyclic amines) is 1. The number of carboxylic acids is 1. The summed E-state index contributed by atoms with van der Waals surface area (Å²) >= 11 is 0. The van der Waals surface area contributed by atoms with E-state index in [1.165, 1.54) is 0 Å². The van der Waals surface area contributed by atoms with Crippen LogP contribution in [0, 0.1) is 5.92 Å². The number of amides is 1. The van der Waals surface area contributed by atoms with Crippen molar-refractivity contribution in [3.05, 3.63) is 0 Å². The molecule has 0 saturated carbocycles. The number of carboxylic acid groups (broad SMARTS) is 1. The molecular formula is C13H22N2O3. The second-order valence-corrected chi connectivity index (χ2v) is 5.33. The molecule has 2 aliphatic heterocycles. The fourth-order valence-electron chi connectivity index (χ4n) is 2.92. The Morgan fingerprint density at radius 1 is 1.28 bits per heavy atom. The van der Waals surface area contributed by atoms with Crippen molar-refractivity contribution in [2.24, 2.45) is 5.92 Å². The number of carbonyl (C=O) groups is 2. The minimum Gasteiger partial charge on any atom is -0.480 e. The largest absolute Gasteiger partial charge is 0.480 e. The molecule has 0 spiro atoms. The number of hydrogen-bond donors (Lipinski definition) is 2. The SMILES string of the molecule is O=C(O)[C@H]1CCCCN1C(=O)CCC1CCNC1. The summed E-state index contributed by atoms with van der Waals surface area (Å²) in [7, 11) is 0. The molecule has 102 valence electrons. The normalized spacial score (nSPS) is 28.3. The second kappa shape index (κ2) is 6.18. The van der Waals surface area contributed by atoms with Gasteiger partial charge in [0.25, 0.3) is 0 Å². The average Bonchev–Trinajstić information content (AvgIpc) is 2.89. The van der Waals surface area contributed by atoms with Crippen LogP contribution in [0.4, 0.5) is 0 Å². The zero-order valence-electron chi connectivity index (χ0n) is 10.7. The molecule has 1 unspecified atom stereocenters. The first-order valence-electron chi connectivity index (χ1n) is 6.91. The van der Waals surface area contributed by atoms with Gasteiger partial charge in [0, 0.05) is 13.0 Å². The van der Waals surface area contributed by atoms with Crippen LogP contribution in [0.15, 0.2) is 0 Å². The third-order valence-corrected chi connectivity index (χ3v) is 4.04. The molecule has 1 amide bonds. The summed E-state index contributed by atoms with van der Waals surface area (Å²) in [5.74, 6) is -0.249. The van der Waals surface area contributed by atoms with Gasteiger partial charge in [-0.2, -0.15) is 0 Å². The van der Waals surface area contributed by atoms with E-state index in [9.17, 15) is 9.59 Å². The fourth-order valence-corrected chi connectivity index (χ4v) is 2.92. The topological polar surface area (TPSA) is 69.6 Å². The highest BCUT2D eigenvalue weighted by atomic mass is 16.4. The number of nitrogens with zero attached hydrogens (tertiary/aromatic N) is 1. The van der Waals surface area contributed by atoms with E-state index in [1.807, 2.05) is 0 Å². The molecule has 5 nitrogen and oxygen atoms in total. The van der Waals surface area contributed by atoms with Gasteiger partial charge < -0.3 is 15.3 Å². The van der Waals surface area contributed by atoms with Crippen molar-refractivity contribution in [2.45, 2.75) is 44.6 Å². The monoisotopic (exact) mass is 254 g/mol. The van der Waals surface area contributed by atoms with E-state index in [0.717, 1.165) is 38.8 Å². The molecule has 18 heavy (non-hydrogen) atoms.